The first kappa shape index (κ1) is 40.1. The van der Waals surface area contributed by atoms with Crippen molar-refractivity contribution in [1.29, 1.82) is 0 Å². The number of benzene rings is 2. The third-order valence-corrected chi connectivity index (χ3v) is 12.6. The summed E-state index contributed by atoms with van der Waals surface area (Å²) in [5, 5.41) is 15.0. The minimum Gasteiger partial charge on any atom is -0.346 e. The smallest absolute Gasteiger partial charge is 0.346 e. The zero-order valence-corrected chi connectivity index (χ0v) is 33.5. The number of carbonyl (C=O) groups is 1. The van der Waals surface area contributed by atoms with Crippen LogP contribution in [-0.2, 0) is 46.9 Å². The number of thiazole rings is 1. The van der Waals surface area contributed by atoms with E-state index in [1.54, 1.807) is 31.3 Å². The van der Waals surface area contributed by atoms with Crippen LogP contribution in [0.1, 0.15) is 53.5 Å². The van der Waals surface area contributed by atoms with E-state index in [2.05, 4.69) is 30.5 Å². The van der Waals surface area contributed by atoms with Gasteiger partial charge in [0.1, 0.15) is 23.9 Å². The van der Waals surface area contributed by atoms with Gasteiger partial charge in [-0.2, -0.15) is 37.1 Å². The number of halogens is 7. The van der Waals surface area contributed by atoms with Crippen LogP contribution in [0.4, 0.5) is 41.7 Å². The van der Waals surface area contributed by atoms with Crippen molar-refractivity contribution in [3.63, 3.8) is 0 Å². The topological polar surface area (TPSA) is 152 Å². The molecular weight excluding hydrogens is 842 g/mol. The highest BCUT2D eigenvalue weighted by atomic mass is 32.2. The van der Waals surface area contributed by atoms with E-state index in [-0.39, 0.29) is 41.6 Å². The van der Waals surface area contributed by atoms with Crippen molar-refractivity contribution in [3.8, 4) is 11.1 Å². The van der Waals surface area contributed by atoms with Gasteiger partial charge in [-0.3, -0.25) is 18.9 Å². The molecule has 3 aliphatic rings. The Bertz CT molecular complexity index is 2820. The Morgan fingerprint density at radius 1 is 1.08 bits per heavy atom. The molecule has 1 saturated carbocycles. The number of pyridine rings is 1. The Balaban J connectivity index is 1.20. The zero-order valence-electron chi connectivity index (χ0n) is 31.9. The van der Waals surface area contributed by atoms with Gasteiger partial charge in [0, 0.05) is 66.8 Å². The van der Waals surface area contributed by atoms with Gasteiger partial charge in [-0.15, -0.1) is 0 Å². The number of nitrogens with zero attached hydrogens (tertiary/aromatic N) is 7. The lowest BCUT2D eigenvalue weighted by Gasteiger charge is -2.31. The number of para-hydroxylation sites is 1. The maximum atomic E-state index is 15.5. The Labute approximate surface area is 341 Å². The van der Waals surface area contributed by atoms with E-state index in [1.165, 1.54) is 16.0 Å². The Morgan fingerprint density at radius 3 is 2.53 bits per heavy atom. The van der Waals surface area contributed by atoms with Crippen LogP contribution in [0, 0.1) is 17.6 Å². The molecule has 2 fully saturated rings. The minimum atomic E-state index is -5.06. The van der Waals surface area contributed by atoms with Crippen LogP contribution in [0.15, 0.2) is 42.5 Å². The van der Waals surface area contributed by atoms with Crippen molar-refractivity contribution in [3.05, 3.63) is 82.3 Å². The molecule has 22 heteroatoms. The van der Waals surface area contributed by atoms with Gasteiger partial charge in [-0.25, -0.2) is 22.2 Å². The summed E-state index contributed by atoms with van der Waals surface area (Å²) in [6.45, 7) is 2.97. The van der Waals surface area contributed by atoms with Crippen LogP contribution in [0.25, 0.3) is 32.4 Å². The van der Waals surface area contributed by atoms with Gasteiger partial charge in [0.25, 0.3) is 5.92 Å². The van der Waals surface area contributed by atoms with Gasteiger partial charge < -0.3 is 15.5 Å². The molecule has 4 aromatic heterocycles. The quantitative estimate of drug-likeness (QED) is 0.136. The normalized spacial score (nSPS) is 20.4. The maximum Gasteiger partial charge on any atom is 0.435 e. The molecule has 0 radical (unpaired) electrons. The van der Waals surface area contributed by atoms with E-state index < -0.39 is 81.0 Å². The number of rotatable bonds is 10. The van der Waals surface area contributed by atoms with E-state index in [9.17, 15) is 35.2 Å². The number of sulfonamides is 1. The Morgan fingerprint density at radius 2 is 1.83 bits per heavy atom. The SMILES string of the molecule is C[C@H]1CN(c2nc3nc([C@H](Cc4cc(F)cc(F)c4)NC(=O)Cn4nc(C(F)(F)F)c5c4C(F)(F)[C@@H]4CC54)c(-c4cccc5c(NS(C)(=O)=O)nn(C)c45)cc3s2)CCN1. The van der Waals surface area contributed by atoms with Crippen LogP contribution in [0.3, 0.4) is 0 Å². The predicted octanol–water partition coefficient (Wildman–Crippen LogP) is 6.22. The molecule has 1 unspecified atom stereocenters. The number of hydrogen-bond donors (Lipinski definition) is 3. The summed E-state index contributed by atoms with van der Waals surface area (Å²) >= 11 is 1.35. The maximum absolute atomic E-state index is 15.5. The van der Waals surface area contributed by atoms with Crippen molar-refractivity contribution in [2.75, 3.05) is 35.5 Å². The molecule has 4 atom stereocenters. The van der Waals surface area contributed by atoms with E-state index in [1.807, 2.05) is 6.92 Å². The van der Waals surface area contributed by atoms with Gasteiger partial charge in [-0.1, -0.05) is 23.5 Å². The molecule has 1 saturated heterocycles. The lowest BCUT2D eigenvalue weighted by atomic mass is 9.94. The molecule has 6 aromatic rings. The molecule has 5 heterocycles. The molecule has 2 aromatic carbocycles. The summed E-state index contributed by atoms with van der Waals surface area (Å²) in [5.41, 5.74) is -1.40. The fraction of sp³-hybridized carbons (Fsp3) is 0.395. The lowest BCUT2D eigenvalue weighted by Crippen LogP contribution is -2.49. The fourth-order valence-electron chi connectivity index (χ4n) is 8.54. The van der Waals surface area contributed by atoms with E-state index in [4.69, 9.17) is 9.97 Å². The van der Waals surface area contributed by atoms with E-state index >= 15 is 8.78 Å². The number of anilines is 2. The number of alkyl halides is 5. The lowest BCUT2D eigenvalue weighted by molar-refractivity contribution is -0.142. The Hall–Kier alpha value is -5.35. The Kier molecular flexibility index (Phi) is 9.43. The average Bonchev–Trinajstić information content (AvgIpc) is 3.41. The molecule has 316 valence electrons. The highest BCUT2D eigenvalue weighted by Gasteiger charge is 2.68. The van der Waals surface area contributed by atoms with Crippen LogP contribution >= 0.6 is 11.3 Å². The molecule has 1 aliphatic heterocycles. The molecule has 3 N–H and O–H groups in total. The summed E-state index contributed by atoms with van der Waals surface area (Å²) in [7, 11) is -2.18. The largest absolute Gasteiger partial charge is 0.435 e. The van der Waals surface area contributed by atoms with Crippen molar-refractivity contribution in [2.24, 2.45) is 13.0 Å². The molecular formula is C38H35F7N10O3S2. The molecule has 0 bridgehead atoms. The van der Waals surface area contributed by atoms with Crippen molar-refractivity contribution < 1.29 is 43.9 Å². The first-order valence-electron chi connectivity index (χ1n) is 18.8. The fourth-order valence-corrected chi connectivity index (χ4v) is 10.0. The first-order chi connectivity index (χ1) is 28.2. The summed E-state index contributed by atoms with van der Waals surface area (Å²) in [6, 6.07) is 8.37. The summed E-state index contributed by atoms with van der Waals surface area (Å²) < 4.78 is 132. The number of fused-ring (bicyclic) bond motifs is 5. The molecule has 2 aliphatic carbocycles. The third-order valence-electron chi connectivity index (χ3n) is 11.0. The predicted molar refractivity (Wildman–Crippen MR) is 208 cm³/mol. The van der Waals surface area contributed by atoms with Gasteiger partial charge in [0.2, 0.25) is 15.9 Å². The highest BCUT2D eigenvalue weighted by Crippen LogP contribution is 2.68. The second-order valence-electron chi connectivity index (χ2n) is 15.5. The number of aromatic nitrogens is 6. The number of carbonyl (C=O) groups excluding carboxylic acids is 1. The standard InChI is InChI=1S/C38H35F7N10O3S2/c1-17-15-54(8-7-46-17)36-49-35-27(59-36)14-23(21-5-4-6-22-31(21)53(2)51-34(22)52-60(3,57)58)30(48-35)26(11-18-9-19(39)12-20(40)10-18)47-28(56)16-55-33-29(32(50-55)38(43,44)45)24-13-25(24)37(33,41)42/h4-6,9-10,12,14,17,24-26,46H,7-8,11,13,15-16H2,1-3H3,(H,47,56)(H,51,52)/t17-,24?,25+,26-/m0/s1. The number of nitrogens with one attached hydrogen (secondary N) is 3. The second kappa shape index (κ2) is 14.1. The molecule has 1 amide bonds. The first-order valence-corrected chi connectivity index (χ1v) is 21.5. The third kappa shape index (κ3) is 7.20. The van der Waals surface area contributed by atoms with Crippen LogP contribution in [0.2, 0.25) is 0 Å². The van der Waals surface area contributed by atoms with Crippen LogP contribution in [0.5, 0.6) is 0 Å². The minimum absolute atomic E-state index is 0.0276. The van der Waals surface area contributed by atoms with Crippen LogP contribution < -0.4 is 20.3 Å². The summed E-state index contributed by atoms with van der Waals surface area (Å²) in [4.78, 5) is 25.9. The van der Waals surface area contributed by atoms with E-state index in [0.717, 1.165) is 18.4 Å². The van der Waals surface area contributed by atoms with Crippen molar-refractivity contribution in [1.82, 2.24) is 40.2 Å². The van der Waals surface area contributed by atoms with Gasteiger partial charge in [0.05, 0.1) is 28.2 Å². The van der Waals surface area contributed by atoms with Gasteiger partial charge in [0.15, 0.2) is 22.3 Å². The van der Waals surface area contributed by atoms with Gasteiger partial charge in [-0.05, 0) is 55.5 Å². The number of piperazine rings is 1. The summed E-state index contributed by atoms with van der Waals surface area (Å²) in [6.07, 6.45) is -4.55. The van der Waals surface area contributed by atoms with Crippen molar-refractivity contribution in [2.45, 2.75) is 56.4 Å². The molecule has 60 heavy (non-hydrogen) atoms. The molecule has 9 rings (SSSR count). The van der Waals surface area contributed by atoms with Gasteiger partial charge >= 0.3 is 6.18 Å². The number of amides is 1. The average molecular weight is 877 g/mol. The number of aryl methyl sites for hydroxylation is 1. The molecule has 13 nitrogen and oxygen atoms in total. The zero-order chi connectivity index (χ0) is 42.6. The highest BCUT2D eigenvalue weighted by molar-refractivity contribution is 7.92. The number of hydrogen-bond acceptors (Lipinski definition) is 10. The van der Waals surface area contributed by atoms with Crippen LogP contribution in [-0.4, -0.2) is 75.8 Å². The second-order valence-corrected chi connectivity index (χ2v) is 18.3. The monoisotopic (exact) mass is 876 g/mol. The summed E-state index contributed by atoms with van der Waals surface area (Å²) in [5.74, 6) is -8.88. The van der Waals surface area contributed by atoms with Crippen molar-refractivity contribution >= 4 is 59.5 Å². The molecule has 0 spiro atoms. The van der Waals surface area contributed by atoms with E-state index in [0.29, 0.717) is 62.2 Å².